The molecule has 118 valence electrons. The first-order chi connectivity index (χ1) is 10.3. The summed E-state index contributed by atoms with van der Waals surface area (Å²) in [6, 6.07) is 7.50. The minimum atomic E-state index is -1.26. The number of carboxylic acid groups (broad SMARTS) is 2. The van der Waals surface area contributed by atoms with E-state index in [9.17, 15) is 14.7 Å². The molecule has 1 heterocycles. The lowest BCUT2D eigenvalue weighted by molar-refractivity contribution is -0.134. The molecule has 0 fully saturated rings. The van der Waals surface area contributed by atoms with E-state index in [2.05, 4.69) is 4.98 Å². The summed E-state index contributed by atoms with van der Waals surface area (Å²) in [6.07, 6.45) is 2.38. The quantitative estimate of drug-likeness (QED) is 0.539. The third-order valence-corrected chi connectivity index (χ3v) is 2.81. The molecule has 0 amide bonds. The van der Waals surface area contributed by atoms with Crippen molar-refractivity contribution in [2.24, 2.45) is 5.73 Å². The number of nitrogens with one attached hydrogen (secondary N) is 1. The number of benzene rings is 1. The third kappa shape index (κ3) is 5.04. The van der Waals surface area contributed by atoms with Crippen LogP contribution in [-0.2, 0) is 9.59 Å². The van der Waals surface area contributed by atoms with E-state index >= 15 is 0 Å². The summed E-state index contributed by atoms with van der Waals surface area (Å²) in [4.78, 5) is 22.2. The minimum absolute atomic E-state index is 0.254. The first-order valence-electron chi connectivity index (χ1n) is 6.46. The summed E-state index contributed by atoms with van der Waals surface area (Å²) < 4.78 is 0. The summed E-state index contributed by atoms with van der Waals surface area (Å²) >= 11 is 0. The average molecular weight is 306 g/mol. The first-order valence-corrected chi connectivity index (χ1v) is 6.46. The molecule has 0 aliphatic rings. The molecule has 0 bridgehead atoms. The van der Waals surface area contributed by atoms with Crippen LogP contribution in [0.5, 0.6) is 0 Å². The Hall–Kier alpha value is -2.64. The molecule has 0 aliphatic carbocycles. The van der Waals surface area contributed by atoms with Crippen LogP contribution in [0.3, 0.4) is 0 Å². The van der Waals surface area contributed by atoms with Gasteiger partial charge in [-0.05, 0) is 24.6 Å². The average Bonchev–Trinajstić information content (AvgIpc) is 2.93. The third-order valence-electron chi connectivity index (χ3n) is 2.81. The Morgan fingerprint density at radius 1 is 1.18 bits per heavy atom. The van der Waals surface area contributed by atoms with Gasteiger partial charge in [-0.25, -0.2) is 9.59 Å². The maximum Gasteiger partial charge on any atom is 0.328 e. The van der Waals surface area contributed by atoms with Crippen LogP contribution in [0.25, 0.3) is 10.9 Å². The number of carboxylic acids is 2. The number of nitrogens with two attached hydrogens (primary N) is 1. The predicted molar refractivity (Wildman–Crippen MR) is 81.3 cm³/mol. The lowest BCUT2D eigenvalue weighted by atomic mass is 10.0. The molecule has 2 atom stereocenters. The number of carbonyl (C=O) groups is 2. The van der Waals surface area contributed by atoms with Crippen molar-refractivity contribution < 1.29 is 24.9 Å². The Kier molecular flexibility index (Phi) is 6.30. The number of aliphatic carboxylic acids is 2. The fourth-order valence-corrected chi connectivity index (χ4v) is 1.79. The molecule has 2 unspecified atom stereocenters. The number of aliphatic hydroxyl groups is 1. The summed E-state index contributed by atoms with van der Waals surface area (Å²) in [5.41, 5.74) is 7.59. The van der Waals surface area contributed by atoms with Crippen molar-refractivity contribution in [3.8, 4) is 0 Å². The van der Waals surface area contributed by atoms with Crippen LogP contribution in [0.15, 0.2) is 42.6 Å². The van der Waals surface area contributed by atoms with Crippen molar-refractivity contribution in [3.05, 3.63) is 48.2 Å². The molecule has 0 aliphatic heterocycles. The molecule has 2 rings (SSSR count). The fourth-order valence-electron chi connectivity index (χ4n) is 1.79. The van der Waals surface area contributed by atoms with E-state index in [0.717, 1.165) is 16.5 Å². The van der Waals surface area contributed by atoms with Crippen LogP contribution >= 0.6 is 0 Å². The highest BCUT2D eigenvalue weighted by Gasteiger charge is 2.14. The van der Waals surface area contributed by atoms with Gasteiger partial charge in [-0.2, -0.15) is 0 Å². The van der Waals surface area contributed by atoms with Crippen LogP contribution < -0.4 is 5.73 Å². The van der Waals surface area contributed by atoms with E-state index in [0.29, 0.717) is 12.2 Å². The van der Waals surface area contributed by atoms with E-state index in [1.165, 1.54) is 0 Å². The molecule has 7 heteroatoms. The normalized spacial score (nSPS) is 13.4. The Morgan fingerprint density at radius 3 is 2.27 bits per heavy atom. The highest BCUT2D eigenvalue weighted by molar-refractivity contribution is 5.89. The van der Waals surface area contributed by atoms with Gasteiger partial charge in [0.25, 0.3) is 0 Å². The summed E-state index contributed by atoms with van der Waals surface area (Å²) in [7, 11) is 0. The monoisotopic (exact) mass is 306 g/mol. The number of aromatic nitrogens is 1. The van der Waals surface area contributed by atoms with E-state index in [4.69, 9.17) is 15.9 Å². The Bertz CT molecular complexity index is 659. The lowest BCUT2D eigenvalue weighted by Gasteiger charge is -2.15. The lowest BCUT2D eigenvalue weighted by Crippen LogP contribution is -2.24. The molecule has 7 nitrogen and oxygen atoms in total. The van der Waals surface area contributed by atoms with Crippen molar-refractivity contribution in [2.75, 3.05) is 0 Å². The van der Waals surface area contributed by atoms with Gasteiger partial charge in [-0.1, -0.05) is 12.1 Å². The van der Waals surface area contributed by atoms with Crippen LogP contribution in [0.1, 0.15) is 18.6 Å². The van der Waals surface area contributed by atoms with Crippen molar-refractivity contribution in [1.29, 1.82) is 0 Å². The van der Waals surface area contributed by atoms with Gasteiger partial charge in [0, 0.05) is 35.3 Å². The largest absolute Gasteiger partial charge is 0.478 e. The van der Waals surface area contributed by atoms with Crippen molar-refractivity contribution in [3.63, 3.8) is 0 Å². The van der Waals surface area contributed by atoms with E-state index in [-0.39, 0.29) is 6.04 Å². The topological polar surface area (TPSA) is 137 Å². The number of rotatable bonds is 4. The smallest absolute Gasteiger partial charge is 0.328 e. The van der Waals surface area contributed by atoms with E-state index < -0.39 is 18.0 Å². The molecule has 2 aromatic rings. The van der Waals surface area contributed by atoms with Crippen molar-refractivity contribution in [2.45, 2.75) is 19.1 Å². The molecule has 0 spiro atoms. The van der Waals surface area contributed by atoms with Gasteiger partial charge in [0.05, 0.1) is 6.10 Å². The summed E-state index contributed by atoms with van der Waals surface area (Å²) in [6.45, 7) is 1.80. The number of hydrogen-bond acceptors (Lipinski definition) is 4. The molecule has 22 heavy (non-hydrogen) atoms. The number of fused-ring (bicyclic) bond motifs is 1. The van der Waals surface area contributed by atoms with Gasteiger partial charge in [0.1, 0.15) is 0 Å². The Balaban J connectivity index is 0.000000261. The van der Waals surface area contributed by atoms with Crippen LogP contribution in [0, 0.1) is 0 Å². The number of H-pyrrole nitrogens is 1. The standard InChI is InChI=1S/C11H14N2O.C4H4O4/c1-7(12)11(14)9-3-2-4-10-8(9)5-6-13-10;5-3(6)1-2-4(7)8/h2-7,11,13-14H,12H2,1H3;1-2H,(H,5,6)(H,7,8)/b;2-1+. The zero-order chi connectivity index (χ0) is 16.7. The van der Waals surface area contributed by atoms with Gasteiger partial charge >= 0.3 is 11.9 Å². The molecule has 0 radical (unpaired) electrons. The van der Waals surface area contributed by atoms with Gasteiger partial charge in [-0.15, -0.1) is 0 Å². The Morgan fingerprint density at radius 2 is 1.77 bits per heavy atom. The number of hydrogen-bond donors (Lipinski definition) is 5. The minimum Gasteiger partial charge on any atom is -0.478 e. The molecular weight excluding hydrogens is 288 g/mol. The second-order valence-electron chi connectivity index (χ2n) is 4.60. The first kappa shape index (κ1) is 17.4. The summed E-state index contributed by atoms with van der Waals surface area (Å²) in [5.74, 6) is -2.51. The second-order valence-corrected chi connectivity index (χ2v) is 4.60. The maximum atomic E-state index is 9.88. The Labute approximate surface area is 126 Å². The van der Waals surface area contributed by atoms with Gasteiger partial charge in [0.15, 0.2) is 0 Å². The van der Waals surface area contributed by atoms with Gasteiger partial charge in [0.2, 0.25) is 0 Å². The van der Waals surface area contributed by atoms with Crippen molar-refractivity contribution in [1.82, 2.24) is 4.98 Å². The predicted octanol–water partition coefficient (Wildman–Crippen LogP) is 1.26. The SMILES string of the molecule is CC(N)C(O)c1cccc2[nH]ccc12.O=C(O)/C=C/C(=O)O. The summed E-state index contributed by atoms with van der Waals surface area (Å²) in [5, 5.41) is 26.5. The molecule has 6 N–H and O–H groups in total. The van der Waals surface area contributed by atoms with E-state index in [1.807, 2.05) is 30.5 Å². The molecule has 1 aromatic heterocycles. The van der Waals surface area contributed by atoms with Crippen LogP contribution in [0.2, 0.25) is 0 Å². The second kappa shape index (κ2) is 7.96. The van der Waals surface area contributed by atoms with Gasteiger partial charge in [-0.3, -0.25) is 0 Å². The fraction of sp³-hybridized carbons (Fsp3) is 0.200. The number of aromatic amines is 1. The van der Waals surface area contributed by atoms with Crippen LogP contribution in [-0.4, -0.2) is 38.3 Å². The number of aliphatic hydroxyl groups excluding tert-OH is 1. The molecule has 0 saturated carbocycles. The van der Waals surface area contributed by atoms with Gasteiger partial charge < -0.3 is 26.0 Å². The molecular formula is C15H18N2O5. The molecule has 1 aromatic carbocycles. The van der Waals surface area contributed by atoms with E-state index in [1.54, 1.807) is 6.92 Å². The zero-order valence-electron chi connectivity index (χ0n) is 11.9. The van der Waals surface area contributed by atoms with Crippen LogP contribution in [0.4, 0.5) is 0 Å². The highest BCUT2D eigenvalue weighted by atomic mass is 16.4. The molecule has 0 saturated heterocycles. The zero-order valence-corrected chi connectivity index (χ0v) is 11.9. The van der Waals surface area contributed by atoms with Crippen molar-refractivity contribution >= 4 is 22.8 Å². The highest BCUT2D eigenvalue weighted by Crippen LogP contribution is 2.24. The maximum absolute atomic E-state index is 9.88.